The second-order valence-corrected chi connectivity index (χ2v) is 5.32. The van der Waals surface area contributed by atoms with Crippen LogP contribution in [0.1, 0.15) is 6.92 Å². The zero-order valence-corrected chi connectivity index (χ0v) is 12.2. The fraction of sp³-hybridized carbons (Fsp3) is 0.286. The molecule has 0 fully saturated rings. The Kier molecular flexibility index (Phi) is 4.70. The molecule has 20 heavy (non-hydrogen) atoms. The number of aliphatic hydroxyl groups is 1. The van der Waals surface area contributed by atoms with Gasteiger partial charge in [0.1, 0.15) is 5.00 Å². The highest BCUT2D eigenvalue weighted by molar-refractivity contribution is 7.10. The summed E-state index contributed by atoms with van der Waals surface area (Å²) in [5.74, 6) is 0. The molecule has 1 aromatic carbocycles. The third-order valence-corrected chi connectivity index (χ3v) is 3.76. The number of aliphatic hydroxyl groups excluding tert-OH is 1. The van der Waals surface area contributed by atoms with E-state index in [0.29, 0.717) is 5.00 Å². The Labute approximate surface area is 122 Å². The normalized spacial score (nSPS) is 11.9. The molecule has 0 saturated carbocycles. The van der Waals surface area contributed by atoms with Crippen LogP contribution in [0, 0.1) is 0 Å². The topological polar surface area (TPSA) is 65.5 Å². The van der Waals surface area contributed by atoms with Gasteiger partial charge in [-0.2, -0.15) is 4.37 Å². The molecule has 0 aliphatic rings. The van der Waals surface area contributed by atoms with Crippen LogP contribution in [0.2, 0.25) is 0 Å². The van der Waals surface area contributed by atoms with Crippen molar-refractivity contribution in [3.8, 4) is 11.3 Å². The largest absolute Gasteiger partial charge is 0.394 e. The molecule has 2 aromatic rings. The Morgan fingerprint density at radius 3 is 2.80 bits per heavy atom. The molecule has 1 heterocycles. The van der Waals surface area contributed by atoms with Gasteiger partial charge in [-0.05, 0) is 18.5 Å². The summed E-state index contributed by atoms with van der Waals surface area (Å²) >= 11 is 1.24. The van der Waals surface area contributed by atoms with E-state index >= 15 is 0 Å². The van der Waals surface area contributed by atoms with E-state index in [1.165, 1.54) is 16.4 Å². The second kappa shape index (κ2) is 6.49. The van der Waals surface area contributed by atoms with E-state index in [1.807, 2.05) is 36.4 Å². The Morgan fingerprint density at radius 1 is 1.45 bits per heavy atom. The average molecular weight is 291 g/mol. The Morgan fingerprint density at radius 2 is 2.15 bits per heavy atom. The molecule has 106 valence electrons. The highest BCUT2D eigenvalue weighted by atomic mass is 32.1. The van der Waals surface area contributed by atoms with Gasteiger partial charge in [-0.25, -0.2) is 4.79 Å². The van der Waals surface area contributed by atoms with Gasteiger partial charge in [0.2, 0.25) is 0 Å². The van der Waals surface area contributed by atoms with Crippen LogP contribution in [0.4, 0.5) is 9.80 Å². The number of carbonyl (C=O) groups excluding carboxylic acids is 1. The SMILES string of the molecule is CC(CO)N(C)C(=O)Nc1cc(-c2ccccc2)ns1. The highest BCUT2D eigenvalue weighted by Crippen LogP contribution is 2.25. The van der Waals surface area contributed by atoms with Crippen molar-refractivity contribution in [1.29, 1.82) is 0 Å². The fourth-order valence-corrected chi connectivity index (χ4v) is 2.25. The zero-order chi connectivity index (χ0) is 14.5. The highest BCUT2D eigenvalue weighted by Gasteiger charge is 2.16. The van der Waals surface area contributed by atoms with Crippen molar-refractivity contribution in [1.82, 2.24) is 9.27 Å². The van der Waals surface area contributed by atoms with Gasteiger partial charge in [0.15, 0.2) is 0 Å². The van der Waals surface area contributed by atoms with Crippen molar-refractivity contribution < 1.29 is 9.90 Å². The number of anilines is 1. The molecule has 0 bridgehead atoms. The van der Waals surface area contributed by atoms with Crippen LogP contribution < -0.4 is 5.32 Å². The Bertz CT molecular complexity index is 571. The summed E-state index contributed by atoms with van der Waals surface area (Å²) in [5, 5.41) is 12.5. The fourth-order valence-electron chi connectivity index (χ4n) is 1.60. The molecule has 2 amide bonds. The van der Waals surface area contributed by atoms with E-state index in [4.69, 9.17) is 5.11 Å². The molecule has 1 aromatic heterocycles. The van der Waals surface area contributed by atoms with Crippen LogP contribution in [-0.2, 0) is 0 Å². The predicted octanol–water partition coefficient (Wildman–Crippen LogP) is 2.65. The summed E-state index contributed by atoms with van der Waals surface area (Å²) in [6.07, 6.45) is 0. The second-order valence-electron chi connectivity index (χ2n) is 4.52. The van der Waals surface area contributed by atoms with E-state index in [-0.39, 0.29) is 18.7 Å². The van der Waals surface area contributed by atoms with E-state index in [9.17, 15) is 4.79 Å². The first kappa shape index (κ1) is 14.5. The maximum absolute atomic E-state index is 11.9. The number of nitrogens with one attached hydrogen (secondary N) is 1. The third-order valence-electron chi connectivity index (χ3n) is 3.06. The lowest BCUT2D eigenvalue weighted by molar-refractivity contribution is 0.166. The van der Waals surface area contributed by atoms with Gasteiger partial charge in [0.25, 0.3) is 0 Å². The molecule has 0 radical (unpaired) electrons. The van der Waals surface area contributed by atoms with Crippen molar-refractivity contribution in [3.63, 3.8) is 0 Å². The number of carbonyl (C=O) groups is 1. The Balaban J connectivity index is 2.05. The minimum absolute atomic E-state index is 0.0676. The van der Waals surface area contributed by atoms with Crippen molar-refractivity contribution in [2.75, 3.05) is 19.0 Å². The molecule has 5 nitrogen and oxygen atoms in total. The van der Waals surface area contributed by atoms with Gasteiger partial charge in [-0.3, -0.25) is 5.32 Å². The quantitative estimate of drug-likeness (QED) is 0.910. The maximum atomic E-state index is 11.9. The smallest absolute Gasteiger partial charge is 0.322 e. The number of likely N-dealkylation sites (N-methyl/N-ethyl adjacent to an activating group) is 1. The van der Waals surface area contributed by atoms with Crippen LogP contribution in [0.15, 0.2) is 36.4 Å². The molecule has 6 heteroatoms. The van der Waals surface area contributed by atoms with E-state index in [0.717, 1.165) is 11.3 Å². The van der Waals surface area contributed by atoms with E-state index in [2.05, 4.69) is 9.69 Å². The summed E-state index contributed by atoms with van der Waals surface area (Å²) in [4.78, 5) is 13.4. The zero-order valence-electron chi connectivity index (χ0n) is 11.4. The van der Waals surface area contributed by atoms with Crippen LogP contribution >= 0.6 is 11.5 Å². The molecule has 0 saturated heterocycles. The number of urea groups is 1. The number of hydrogen-bond acceptors (Lipinski definition) is 4. The van der Waals surface area contributed by atoms with Crippen LogP contribution in [0.5, 0.6) is 0 Å². The first-order chi connectivity index (χ1) is 9.61. The number of rotatable bonds is 4. The number of aromatic nitrogens is 1. The van der Waals surface area contributed by atoms with Crippen molar-refractivity contribution in [2.24, 2.45) is 0 Å². The first-order valence-corrected chi connectivity index (χ1v) is 7.06. The lowest BCUT2D eigenvalue weighted by Gasteiger charge is -2.22. The number of amides is 2. The van der Waals surface area contributed by atoms with Gasteiger partial charge >= 0.3 is 6.03 Å². The monoisotopic (exact) mass is 291 g/mol. The molecule has 1 atom stereocenters. The standard InChI is InChI=1S/C14H17N3O2S/c1-10(9-18)17(2)14(19)15-13-8-12(16-20-13)11-6-4-3-5-7-11/h3-8,10,18H,9H2,1-2H3,(H,15,19). The minimum atomic E-state index is -0.255. The van der Waals surface area contributed by atoms with Crippen molar-refractivity contribution in [2.45, 2.75) is 13.0 Å². The van der Waals surface area contributed by atoms with Gasteiger partial charge in [-0.1, -0.05) is 30.3 Å². The van der Waals surface area contributed by atoms with Crippen LogP contribution in [0.3, 0.4) is 0 Å². The van der Waals surface area contributed by atoms with Gasteiger partial charge in [-0.15, -0.1) is 0 Å². The van der Waals surface area contributed by atoms with Crippen molar-refractivity contribution >= 4 is 22.6 Å². The predicted molar refractivity (Wildman–Crippen MR) is 80.9 cm³/mol. The molecular formula is C14H17N3O2S. The summed E-state index contributed by atoms with van der Waals surface area (Å²) in [6.45, 7) is 1.71. The summed E-state index contributed by atoms with van der Waals surface area (Å²) in [6, 6.07) is 11.2. The summed E-state index contributed by atoms with van der Waals surface area (Å²) in [7, 11) is 1.65. The lowest BCUT2D eigenvalue weighted by atomic mass is 10.2. The van der Waals surface area contributed by atoms with Gasteiger partial charge in [0.05, 0.1) is 18.3 Å². The first-order valence-electron chi connectivity index (χ1n) is 6.28. The lowest BCUT2D eigenvalue weighted by Crippen LogP contribution is -2.39. The maximum Gasteiger partial charge on any atom is 0.322 e. The molecule has 2 N–H and O–H groups in total. The molecular weight excluding hydrogens is 274 g/mol. The minimum Gasteiger partial charge on any atom is -0.394 e. The molecule has 0 aliphatic carbocycles. The number of benzene rings is 1. The average Bonchev–Trinajstić information content (AvgIpc) is 2.95. The van der Waals surface area contributed by atoms with E-state index < -0.39 is 0 Å². The van der Waals surface area contributed by atoms with Gasteiger partial charge in [0, 0.05) is 18.7 Å². The summed E-state index contributed by atoms with van der Waals surface area (Å²) in [5.41, 5.74) is 1.85. The van der Waals surface area contributed by atoms with Crippen LogP contribution in [-0.4, -0.2) is 40.1 Å². The molecule has 2 rings (SSSR count). The molecule has 1 unspecified atom stereocenters. The Hall–Kier alpha value is -1.92. The number of hydrogen-bond donors (Lipinski definition) is 2. The number of nitrogens with zero attached hydrogens (tertiary/aromatic N) is 2. The molecule has 0 spiro atoms. The van der Waals surface area contributed by atoms with Crippen molar-refractivity contribution in [3.05, 3.63) is 36.4 Å². The molecule has 0 aliphatic heterocycles. The summed E-state index contributed by atoms with van der Waals surface area (Å²) < 4.78 is 4.32. The van der Waals surface area contributed by atoms with E-state index in [1.54, 1.807) is 14.0 Å². The van der Waals surface area contributed by atoms with Gasteiger partial charge < -0.3 is 10.0 Å². The van der Waals surface area contributed by atoms with Crippen LogP contribution in [0.25, 0.3) is 11.3 Å². The third kappa shape index (κ3) is 3.34.